The van der Waals surface area contributed by atoms with Gasteiger partial charge in [0.1, 0.15) is 11.5 Å². The second-order valence-electron chi connectivity index (χ2n) is 12.2. The van der Waals surface area contributed by atoms with E-state index in [1.807, 2.05) is 6.08 Å². The predicted octanol–water partition coefficient (Wildman–Crippen LogP) is 5.02. The van der Waals surface area contributed by atoms with Gasteiger partial charge >= 0.3 is 6.18 Å². The van der Waals surface area contributed by atoms with Crippen molar-refractivity contribution in [1.29, 1.82) is 0 Å². The molecule has 15 heteroatoms. The van der Waals surface area contributed by atoms with Crippen molar-refractivity contribution >= 4 is 21.9 Å². The van der Waals surface area contributed by atoms with Gasteiger partial charge in [0.2, 0.25) is 5.03 Å². The summed E-state index contributed by atoms with van der Waals surface area (Å²) in [4.78, 5) is 19.8. The number of aryl methyl sites for hydroxylation is 1. The Morgan fingerprint density at radius 1 is 1.09 bits per heavy atom. The SMILES string of the molecule is Cn1ncc(S(=O)(=O)N(CC2CC2)[C@H]2CCC3=Cc4c(cnn4-c4ccc(F)cc4)C[C@]3(C(=O)c3cc(C(F)(F)F)ccn3)C2)n1. The van der Waals surface area contributed by atoms with E-state index in [1.54, 1.807) is 23.0 Å². The van der Waals surface area contributed by atoms with Crippen LogP contribution in [0.5, 0.6) is 0 Å². The molecule has 0 amide bonds. The van der Waals surface area contributed by atoms with Crippen LogP contribution < -0.4 is 0 Å². The number of benzene rings is 1. The molecule has 10 nitrogen and oxygen atoms in total. The van der Waals surface area contributed by atoms with Crippen LogP contribution in [0.25, 0.3) is 11.8 Å². The van der Waals surface area contributed by atoms with Gasteiger partial charge < -0.3 is 0 Å². The number of hydrogen-bond donors (Lipinski definition) is 0. The van der Waals surface area contributed by atoms with Crippen molar-refractivity contribution < 1.29 is 30.8 Å². The predicted molar refractivity (Wildman–Crippen MR) is 156 cm³/mol. The van der Waals surface area contributed by atoms with Gasteiger partial charge in [-0.05, 0) is 92.5 Å². The lowest BCUT2D eigenvalue weighted by atomic mass is 9.60. The van der Waals surface area contributed by atoms with Crippen molar-refractivity contribution in [2.24, 2.45) is 18.4 Å². The highest BCUT2D eigenvalue weighted by atomic mass is 32.2. The number of rotatable bonds is 8. The van der Waals surface area contributed by atoms with E-state index in [4.69, 9.17) is 0 Å². The maximum atomic E-state index is 14.6. The van der Waals surface area contributed by atoms with Gasteiger partial charge in [-0.15, -0.1) is 5.10 Å². The van der Waals surface area contributed by atoms with Crippen molar-refractivity contribution in [3.05, 3.63) is 88.9 Å². The Morgan fingerprint density at radius 3 is 2.52 bits per heavy atom. The fraction of sp³-hybridized carbons (Fsp3) is 0.387. The molecule has 4 aromatic rings. The topological polar surface area (TPSA) is 116 Å². The van der Waals surface area contributed by atoms with Crippen molar-refractivity contribution in [3.63, 3.8) is 0 Å². The standard InChI is InChI=1S/C31H29F4N7O3S/c1-40-37-17-28(39-40)46(44,45)41(18-19-2-3-19)25-7-4-21-13-27-20(16-38-42(27)24-8-5-23(32)6-9-24)14-30(21,15-25)29(43)26-12-22(10-11-36-26)31(33,34)35/h5-6,8-13,16-17,19,25H,2-4,7,14-15,18H2,1H3/t25-,30-/m0/s1. The quantitative estimate of drug-likeness (QED) is 0.194. The van der Waals surface area contributed by atoms with Crippen LogP contribution in [0, 0.1) is 17.2 Å². The van der Waals surface area contributed by atoms with Crippen LogP contribution in [0.15, 0.2) is 65.6 Å². The molecule has 3 heterocycles. The third-order valence-electron chi connectivity index (χ3n) is 9.15. The number of Topliss-reactive ketones (excluding diaryl/α,β-unsaturated/α-hetero) is 1. The van der Waals surface area contributed by atoms with Crippen molar-refractivity contribution in [1.82, 2.24) is 34.1 Å². The number of pyridine rings is 1. The smallest absolute Gasteiger partial charge is 0.291 e. The minimum absolute atomic E-state index is 0.0307. The normalized spacial score (nSPS) is 21.5. The van der Waals surface area contributed by atoms with Crippen LogP contribution >= 0.6 is 0 Å². The number of sulfonamides is 1. The first-order valence-electron chi connectivity index (χ1n) is 14.9. The van der Waals surface area contributed by atoms with Gasteiger partial charge in [-0.2, -0.15) is 32.5 Å². The lowest BCUT2D eigenvalue weighted by molar-refractivity contribution is -0.137. The summed E-state index contributed by atoms with van der Waals surface area (Å²) in [6.07, 6.45) is 3.40. The Bertz CT molecular complexity index is 1970. The molecule has 46 heavy (non-hydrogen) atoms. The number of allylic oxidation sites excluding steroid dienone is 1. The fourth-order valence-corrected chi connectivity index (χ4v) is 8.28. The number of ketones is 1. The molecule has 1 aromatic carbocycles. The van der Waals surface area contributed by atoms with Crippen LogP contribution in [0.1, 0.15) is 59.4 Å². The van der Waals surface area contributed by atoms with Gasteiger partial charge in [0, 0.05) is 25.8 Å². The van der Waals surface area contributed by atoms with E-state index in [0.717, 1.165) is 36.0 Å². The second kappa shape index (κ2) is 10.9. The summed E-state index contributed by atoms with van der Waals surface area (Å²) in [7, 11) is -2.60. The fourth-order valence-electron chi connectivity index (χ4n) is 6.66. The van der Waals surface area contributed by atoms with Crippen LogP contribution in [-0.4, -0.2) is 60.9 Å². The summed E-state index contributed by atoms with van der Waals surface area (Å²) >= 11 is 0. The summed E-state index contributed by atoms with van der Waals surface area (Å²) in [6.45, 7) is 0.239. The Labute approximate surface area is 261 Å². The van der Waals surface area contributed by atoms with E-state index in [0.29, 0.717) is 35.4 Å². The monoisotopic (exact) mass is 655 g/mol. The number of carbonyl (C=O) groups excluding carboxylic acids is 1. The van der Waals surface area contributed by atoms with Crippen molar-refractivity contribution in [2.45, 2.75) is 55.8 Å². The minimum atomic E-state index is -4.69. The number of hydrogen-bond acceptors (Lipinski definition) is 7. The van der Waals surface area contributed by atoms with E-state index >= 15 is 0 Å². The first kappa shape index (κ1) is 30.4. The number of carbonyl (C=O) groups is 1. The average molecular weight is 656 g/mol. The van der Waals surface area contributed by atoms with E-state index in [1.165, 1.54) is 29.7 Å². The highest BCUT2D eigenvalue weighted by molar-refractivity contribution is 7.89. The Morgan fingerprint density at radius 2 is 1.85 bits per heavy atom. The summed E-state index contributed by atoms with van der Waals surface area (Å²) in [5.74, 6) is -0.864. The average Bonchev–Trinajstić information content (AvgIpc) is 3.60. The maximum absolute atomic E-state index is 14.6. The Hall–Kier alpha value is -4.24. The molecule has 7 rings (SSSR count). The molecule has 3 aliphatic carbocycles. The molecule has 3 aromatic heterocycles. The largest absolute Gasteiger partial charge is 0.416 e. The van der Waals surface area contributed by atoms with Gasteiger partial charge in [-0.1, -0.05) is 5.57 Å². The maximum Gasteiger partial charge on any atom is 0.416 e. The van der Waals surface area contributed by atoms with Gasteiger partial charge in [0.25, 0.3) is 10.0 Å². The first-order chi connectivity index (χ1) is 21.8. The van der Waals surface area contributed by atoms with Crippen molar-refractivity contribution in [3.8, 4) is 5.69 Å². The number of fused-ring (bicyclic) bond motifs is 2. The van der Waals surface area contributed by atoms with Crippen LogP contribution in [-0.2, 0) is 29.7 Å². The zero-order chi connectivity index (χ0) is 32.4. The highest BCUT2D eigenvalue weighted by Crippen LogP contribution is 2.52. The lowest BCUT2D eigenvalue weighted by Gasteiger charge is -2.46. The molecule has 0 radical (unpaired) electrons. The summed E-state index contributed by atoms with van der Waals surface area (Å²) in [5.41, 5.74) is -0.154. The second-order valence-corrected chi connectivity index (χ2v) is 14.1. The van der Waals surface area contributed by atoms with Crippen LogP contribution in [0.2, 0.25) is 0 Å². The molecule has 0 aliphatic heterocycles. The van der Waals surface area contributed by atoms with Gasteiger partial charge in [0.15, 0.2) is 5.78 Å². The zero-order valence-corrected chi connectivity index (χ0v) is 25.5. The third kappa shape index (κ3) is 5.34. The summed E-state index contributed by atoms with van der Waals surface area (Å²) in [5, 5.41) is 12.3. The highest BCUT2D eigenvalue weighted by Gasteiger charge is 2.52. The minimum Gasteiger partial charge on any atom is -0.291 e. The van der Waals surface area contributed by atoms with E-state index in [2.05, 4.69) is 20.3 Å². The molecule has 2 fully saturated rings. The molecule has 0 N–H and O–H groups in total. The Kier molecular flexibility index (Phi) is 7.23. The third-order valence-corrected chi connectivity index (χ3v) is 10.9. The lowest BCUT2D eigenvalue weighted by Crippen LogP contribution is -2.51. The first-order valence-corrected chi connectivity index (χ1v) is 16.3. The van der Waals surface area contributed by atoms with Gasteiger partial charge in [0.05, 0.1) is 34.8 Å². The summed E-state index contributed by atoms with van der Waals surface area (Å²) in [6, 6.07) is 6.69. The number of halogens is 4. The summed E-state index contributed by atoms with van der Waals surface area (Å²) < 4.78 is 85.8. The molecule has 2 saturated carbocycles. The number of aromatic nitrogens is 6. The molecule has 0 spiro atoms. The van der Waals surface area contributed by atoms with Crippen LogP contribution in [0.4, 0.5) is 17.6 Å². The van der Waals surface area contributed by atoms with Gasteiger partial charge in [-0.25, -0.2) is 17.5 Å². The molecule has 0 unspecified atom stereocenters. The molecule has 240 valence electrons. The van der Waals surface area contributed by atoms with Gasteiger partial charge in [-0.3, -0.25) is 9.78 Å². The molecular formula is C31H29F4N7O3S. The van der Waals surface area contributed by atoms with Crippen molar-refractivity contribution in [2.75, 3.05) is 6.54 Å². The van der Waals surface area contributed by atoms with E-state index < -0.39 is 44.8 Å². The number of nitrogens with zero attached hydrogens (tertiary/aromatic N) is 7. The molecule has 0 bridgehead atoms. The molecule has 3 aliphatic rings. The Balaban J connectivity index is 1.33. The molecule has 0 saturated heterocycles. The zero-order valence-electron chi connectivity index (χ0n) is 24.7. The number of alkyl halides is 3. The van der Waals surface area contributed by atoms with E-state index in [-0.39, 0.29) is 36.0 Å². The molecular weight excluding hydrogens is 626 g/mol. The molecule has 2 atom stereocenters. The van der Waals surface area contributed by atoms with Crippen LogP contribution in [0.3, 0.4) is 0 Å². The van der Waals surface area contributed by atoms with E-state index in [9.17, 15) is 30.8 Å².